The molecule has 7 heteroatoms. The van der Waals surface area contributed by atoms with Crippen molar-refractivity contribution in [2.24, 2.45) is 5.73 Å². The van der Waals surface area contributed by atoms with E-state index in [9.17, 15) is 9.59 Å². The number of Topliss-reactive ketones (excluding diaryl/α,β-unsaturated/α-hetero) is 2. The number of nitrogens with one attached hydrogen (secondary N) is 1. The Morgan fingerprint density at radius 2 is 1.67 bits per heavy atom. The summed E-state index contributed by atoms with van der Waals surface area (Å²) in [5, 5.41) is 2.95. The lowest BCUT2D eigenvalue weighted by molar-refractivity contribution is 0.0975. The Kier molecular flexibility index (Phi) is 6.17. The van der Waals surface area contributed by atoms with Gasteiger partial charge in [0.1, 0.15) is 10.7 Å². The summed E-state index contributed by atoms with van der Waals surface area (Å²) in [4.78, 5) is 24.5. The zero-order valence-electron chi connectivity index (χ0n) is 11.2. The van der Waals surface area contributed by atoms with Crippen molar-refractivity contribution in [3.63, 3.8) is 0 Å². The molecule has 0 unspecified atom stereocenters. The molecule has 1 aromatic carbocycles. The minimum absolute atomic E-state index is 0.0293. The molecule has 0 fully saturated rings. The molecule has 21 heavy (non-hydrogen) atoms. The summed E-state index contributed by atoms with van der Waals surface area (Å²) in [7, 11) is 3.35. The smallest absolute Gasteiger partial charge is 0.211 e. The third-order valence-corrected chi connectivity index (χ3v) is 5.63. The van der Waals surface area contributed by atoms with E-state index in [1.165, 1.54) is 0 Å². The van der Waals surface area contributed by atoms with Crippen LogP contribution in [-0.4, -0.2) is 36.2 Å². The molecule has 1 aliphatic rings. The largest absolute Gasteiger partial charge is 0.380 e. The van der Waals surface area contributed by atoms with Crippen LogP contribution in [0.2, 0.25) is 0 Å². The second-order valence-electron chi connectivity index (χ2n) is 4.25. The van der Waals surface area contributed by atoms with Crippen LogP contribution in [0.1, 0.15) is 20.7 Å². The van der Waals surface area contributed by atoms with Crippen molar-refractivity contribution in [1.29, 1.82) is 0 Å². The van der Waals surface area contributed by atoms with Crippen molar-refractivity contribution in [3.05, 3.63) is 46.1 Å². The van der Waals surface area contributed by atoms with Gasteiger partial charge in [-0.25, -0.2) is 0 Å². The van der Waals surface area contributed by atoms with E-state index in [0.29, 0.717) is 24.2 Å². The van der Waals surface area contributed by atoms with E-state index in [2.05, 4.69) is 5.32 Å². The molecule has 0 radical (unpaired) electrons. The number of halogens is 1. The summed E-state index contributed by atoms with van der Waals surface area (Å²) in [6, 6.07) is 6.72. The number of carbonyl (C=O) groups is 2. The van der Waals surface area contributed by atoms with Crippen molar-refractivity contribution >= 4 is 44.8 Å². The zero-order chi connectivity index (χ0) is 15.2. The first-order chi connectivity index (χ1) is 10.2. The van der Waals surface area contributed by atoms with Crippen LogP contribution in [0.5, 0.6) is 0 Å². The van der Waals surface area contributed by atoms with Gasteiger partial charge in [-0.05, 0) is 0 Å². The maximum absolute atomic E-state index is 12.4. The van der Waals surface area contributed by atoms with Gasteiger partial charge in [-0.15, -0.1) is 0 Å². The van der Waals surface area contributed by atoms with E-state index in [1.807, 2.05) is 0 Å². The van der Waals surface area contributed by atoms with Crippen molar-refractivity contribution in [1.82, 2.24) is 5.32 Å². The van der Waals surface area contributed by atoms with Gasteiger partial charge in [0.05, 0.1) is 0 Å². The highest BCUT2D eigenvalue weighted by molar-refractivity contribution is 8.76. The number of hydrogen-bond donors (Lipinski definition) is 2. The van der Waals surface area contributed by atoms with Gasteiger partial charge in [0.2, 0.25) is 11.6 Å². The predicted octanol–water partition coefficient (Wildman–Crippen LogP) is 2.45. The van der Waals surface area contributed by atoms with Gasteiger partial charge in [0.15, 0.2) is 0 Å². The van der Waals surface area contributed by atoms with E-state index < -0.39 is 0 Å². The van der Waals surface area contributed by atoms with Crippen LogP contribution >= 0.6 is 33.2 Å². The Labute approximate surface area is 136 Å². The summed E-state index contributed by atoms with van der Waals surface area (Å²) in [5.74, 6) is 1.15. The quantitative estimate of drug-likeness (QED) is 0.586. The standard InChI is InChI=1S/C14H15ClN2O2S2/c15-11-12(17-6-8-21-20-7-5-16)14(19)10-4-2-1-3-9(10)13(11)18/h1-4,17H,5-8,16H2. The molecule has 0 atom stereocenters. The molecule has 2 rings (SSSR count). The van der Waals surface area contributed by atoms with E-state index in [-0.39, 0.29) is 22.3 Å². The molecular weight excluding hydrogens is 328 g/mol. The number of rotatable bonds is 7. The van der Waals surface area contributed by atoms with Gasteiger partial charge in [0, 0.05) is 35.7 Å². The molecule has 4 nitrogen and oxygen atoms in total. The lowest BCUT2D eigenvalue weighted by Crippen LogP contribution is -2.30. The van der Waals surface area contributed by atoms with Gasteiger partial charge in [-0.3, -0.25) is 9.59 Å². The molecule has 112 valence electrons. The fourth-order valence-corrected chi connectivity index (χ4v) is 3.90. The third-order valence-electron chi connectivity index (χ3n) is 2.83. The van der Waals surface area contributed by atoms with Crippen LogP contribution in [-0.2, 0) is 0 Å². The molecule has 1 aliphatic carbocycles. The van der Waals surface area contributed by atoms with Crippen LogP contribution in [0, 0.1) is 0 Å². The highest BCUT2D eigenvalue weighted by atomic mass is 35.5. The first kappa shape index (κ1) is 16.4. The minimum atomic E-state index is -0.306. The van der Waals surface area contributed by atoms with Crippen LogP contribution < -0.4 is 11.1 Å². The summed E-state index contributed by atoms with van der Waals surface area (Å²) in [6.45, 7) is 1.21. The van der Waals surface area contributed by atoms with Gasteiger partial charge in [-0.2, -0.15) is 0 Å². The number of ketones is 2. The summed E-state index contributed by atoms with van der Waals surface area (Å²) < 4.78 is 0. The van der Waals surface area contributed by atoms with E-state index in [0.717, 1.165) is 11.5 Å². The fraction of sp³-hybridized carbons (Fsp3) is 0.286. The zero-order valence-corrected chi connectivity index (χ0v) is 13.6. The molecule has 0 heterocycles. The molecule has 0 saturated carbocycles. The number of hydrogen-bond acceptors (Lipinski definition) is 6. The van der Waals surface area contributed by atoms with Gasteiger partial charge in [0.25, 0.3) is 0 Å². The average Bonchev–Trinajstić information content (AvgIpc) is 2.51. The second-order valence-corrected chi connectivity index (χ2v) is 7.33. The lowest BCUT2D eigenvalue weighted by atomic mass is 9.92. The maximum atomic E-state index is 12.4. The Balaban J connectivity index is 2.01. The first-order valence-corrected chi connectivity index (χ1v) is 9.30. The Morgan fingerprint density at radius 3 is 2.33 bits per heavy atom. The van der Waals surface area contributed by atoms with Crippen LogP contribution in [0.25, 0.3) is 0 Å². The highest BCUT2D eigenvalue weighted by Gasteiger charge is 2.30. The van der Waals surface area contributed by atoms with Gasteiger partial charge < -0.3 is 11.1 Å². The number of fused-ring (bicyclic) bond motifs is 1. The molecule has 0 bridgehead atoms. The van der Waals surface area contributed by atoms with Crippen LogP contribution in [0.15, 0.2) is 35.0 Å². The highest BCUT2D eigenvalue weighted by Crippen LogP contribution is 2.27. The molecule has 0 saturated heterocycles. The van der Waals surface area contributed by atoms with Crippen molar-refractivity contribution in [2.45, 2.75) is 0 Å². The number of carbonyl (C=O) groups excluding carboxylic acids is 2. The topological polar surface area (TPSA) is 72.2 Å². The molecule has 0 aromatic heterocycles. The fourth-order valence-electron chi connectivity index (χ4n) is 1.89. The lowest BCUT2D eigenvalue weighted by Gasteiger charge is -2.18. The molecule has 0 amide bonds. The third kappa shape index (κ3) is 3.83. The normalized spacial score (nSPS) is 14.4. The van der Waals surface area contributed by atoms with Crippen molar-refractivity contribution < 1.29 is 9.59 Å². The Bertz CT molecular complexity index is 590. The molecule has 0 aliphatic heterocycles. The predicted molar refractivity (Wildman–Crippen MR) is 90.0 cm³/mol. The van der Waals surface area contributed by atoms with Crippen molar-refractivity contribution in [2.75, 3.05) is 24.6 Å². The van der Waals surface area contributed by atoms with Crippen molar-refractivity contribution in [3.8, 4) is 0 Å². The summed E-state index contributed by atoms with van der Waals surface area (Å²) in [6.07, 6.45) is 0. The molecule has 1 aromatic rings. The molecular formula is C14H15ClN2O2S2. The van der Waals surface area contributed by atoms with E-state index >= 15 is 0 Å². The van der Waals surface area contributed by atoms with Crippen LogP contribution in [0.4, 0.5) is 0 Å². The number of allylic oxidation sites excluding steroid dienone is 2. The Hall–Kier alpha value is -0.950. The second kappa shape index (κ2) is 7.89. The first-order valence-electron chi connectivity index (χ1n) is 6.43. The summed E-state index contributed by atoms with van der Waals surface area (Å²) >= 11 is 6.04. The number of nitrogens with two attached hydrogens (primary N) is 1. The molecule has 0 spiro atoms. The van der Waals surface area contributed by atoms with E-state index in [1.54, 1.807) is 45.9 Å². The Morgan fingerprint density at radius 1 is 1.05 bits per heavy atom. The SMILES string of the molecule is NCCSSCCNC1=C(Cl)C(=O)c2ccccc2C1=O. The summed E-state index contributed by atoms with van der Waals surface area (Å²) in [5.41, 5.74) is 6.37. The maximum Gasteiger partial charge on any atom is 0.211 e. The number of benzene rings is 1. The molecule has 3 N–H and O–H groups in total. The monoisotopic (exact) mass is 342 g/mol. The average molecular weight is 343 g/mol. The van der Waals surface area contributed by atoms with Crippen LogP contribution in [0.3, 0.4) is 0 Å². The van der Waals surface area contributed by atoms with Gasteiger partial charge in [-0.1, -0.05) is 57.5 Å². The van der Waals surface area contributed by atoms with Gasteiger partial charge >= 0.3 is 0 Å². The van der Waals surface area contributed by atoms with E-state index in [4.69, 9.17) is 17.3 Å². The minimum Gasteiger partial charge on any atom is -0.380 e.